The average Bonchev–Trinajstić information content (AvgIpc) is 2.73. The summed E-state index contributed by atoms with van der Waals surface area (Å²) in [5.74, 6) is -0.467. The van der Waals surface area contributed by atoms with Gasteiger partial charge in [0.25, 0.3) is 0 Å². The molecule has 0 aliphatic rings. The van der Waals surface area contributed by atoms with Crippen molar-refractivity contribution in [3.63, 3.8) is 0 Å². The number of aryl methyl sites for hydroxylation is 4. The highest BCUT2D eigenvalue weighted by Crippen LogP contribution is 2.20. The van der Waals surface area contributed by atoms with Crippen molar-refractivity contribution in [2.24, 2.45) is 0 Å². The molecule has 0 aromatic heterocycles. The molecule has 2 aromatic carbocycles. The number of esters is 1. The molecule has 0 spiro atoms. The number of carbonyl (C=O) groups excluding carboxylic acids is 1. The van der Waals surface area contributed by atoms with E-state index < -0.39 is 26.0 Å². The molecule has 2 rings (SSSR count). The SMILES string of the molecule is CNS(=O)(=O)c1ccc(C)c(CCCc2cc(S(=O)(=O)NCCOC(C)=O)ccc2C)c1. The van der Waals surface area contributed by atoms with Crippen LogP contribution in [-0.4, -0.2) is 43.0 Å². The second-order valence-electron chi connectivity index (χ2n) is 7.48. The van der Waals surface area contributed by atoms with E-state index in [1.165, 1.54) is 14.0 Å². The molecular weight excluding hydrogens is 452 g/mol. The summed E-state index contributed by atoms with van der Waals surface area (Å²) in [4.78, 5) is 11.2. The Morgan fingerprint density at radius 3 is 1.84 bits per heavy atom. The average molecular weight is 483 g/mol. The predicted octanol–water partition coefficient (Wildman–Crippen LogP) is 2.23. The van der Waals surface area contributed by atoms with E-state index in [0.29, 0.717) is 12.8 Å². The summed E-state index contributed by atoms with van der Waals surface area (Å²) in [6.07, 6.45) is 2.04. The van der Waals surface area contributed by atoms with Gasteiger partial charge in [-0.25, -0.2) is 26.3 Å². The van der Waals surface area contributed by atoms with Gasteiger partial charge in [0.2, 0.25) is 20.0 Å². The van der Waals surface area contributed by atoms with Gasteiger partial charge in [0, 0.05) is 13.5 Å². The van der Waals surface area contributed by atoms with E-state index in [-0.39, 0.29) is 22.9 Å². The smallest absolute Gasteiger partial charge is 0.302 e. The standard InChI is InChI=1S/C22H30N2O6S2/c1-16-8-10-21(31(26,27)23-4)14-19(16)6-5-7-20-15-22(11-9-17(20)2)32(28,29)24-12-13-30-18(3)25/h8-11,14-15,23-24H,5-7,12-13H2,1-4H3. The molecule has 0 amide bonds. The third kappa shape index (κ3) is 7.13. The predicted molar refractivity (Wildman–Crippen MR) is 122 cm³/mol. The lowest BCUT2D eigenvalue weighted by atomic mass is 9.98. The van der Waals surface area contributed by atoms with Crippen LogP contribution in [0.1, 0.15) is 35.6 Å². The normalized spacial score (nSPS) is 12.0. The molecule has 2 aromatic rings. The van der Waals surface area contributed by atoms with E-state index in [1.54, 1.807) is 36.4 Å². The molecule has 8 nitrogen and oxygen atoms in total. The molecular formula is C22H30N2O6S2. The molecule has 0 atom stereocenters. The summed E-state index contributed by atoms with van der Waals surface area (Å²) >= 11 is 0. The molecule has 32 heavy (non-hydrogen) atoms. The number of nitrogens with one attached hydrogen (secondary N) is 2. The van der Waals surface area contributed by atoms with Crippen LogP contribution in [0.25, 0.3) is 0 Å². The Morgan fingerprint density at radius 2 is 1.38 bits per heavy atom. The second kappa shape index (κ2) is 11.0. The quantitative estimate of drug-likeness (QED) is 0.375. The van der Waals surface area contributed by atoms with Crippen molar-refractivity contribution < 1.29 is 26.4 Å². The maximum atomic E-state index is 12.5. The van der Waals surface area contributed by atoms with Crippen LogP contribution in [0.2, 0.25) is 0 Å². The minimum absolute atomic E-state index is 0.00370. The van der Waals surface area contributed by atoms with Crippen molar-refractivity contribution in [2.75, 3.05) is 20.2 Å². The first-order valence-corrected chi connectivity index (χ1v) is 13.2. The Labute approximate surface area is 190 Å². The van der Waals surface area contributed by atoms with Crippen molar-refractivity contribution in [1.82, 2.24) is 9.44 Å². The van der Waals surface area contributed by atoms with Crippen LogP contribution < -0.4 is 9.44 Å². The zero-order valence-electron chi connectivity index (χ0n) is 18.8. The molecule has 0 unspecified atom stereocenters. The highest BCUT2D eigenvalue weighted by molar-refractivity contribution is 7.89. The van der Waals surface area contributed by atoms with Crippen LogP contribution in [-0.2, 0) is 42.4 Å². The molecule has 0 heterocycles. The zero-order chi connectivity index (χ0) is 23.9. The number of hydrogen-bond donors (Lipinski definition) is 2. The summed E-state index contributed by atoms with van der Waals surface area (Å²) in [6, 6.07) is 10.0. The first-order valence-electron chi connectivity index (χ1n) is 10.2. The van der Waals surface area contributed by atoms with Gasteiger partial charge in [0.15, 0.2) is 0 Å². The van der Waals surface area contributed by atoms with Crippen molar-refractivity contribution in [2.45, 2.75) is 49.8 Å². The van der Waals surface area contributed by atoms with Crippen LogP contribution in [0.5, 0.6) is 0 Å². The minimum Gasteiger partial charge on any atom is -0.464 e. The van der Waals surface area contributed by atoms with Gasteiger partial charge in [0.05, 0.1) is 9.79 Å². The Morgan fingerprint density at radius 1 is 0.875 bits per heavy atom. The molecule has 0 saturated heterocycles. The lowest BCUT2D eigenvalue weighted by molar-refractivity contribution is -0.140. The lowest BCUT2D eigenvalue weighted by Crippen LogP contribution is -2.28. The van der Waals surface area contributed by atoms with Gasteiger partial charge in [-0.2, -0.15) is 0 Å². The number of rotatable bonds is 11. The molecule has 0 aliphatic heterocycles. The molecule has 0 aliphatic carbocycles. The minimum atomic E-state index is -3.72. The molecule has 10 heteroatoms. The second-order valence-corrected chi connectivity index (χ2v) is 11.1. The van der Waals surface area contributed by atoms with Gasteiger partial charge < -0.3 is 4.74 Å². The van der Waals surface area contributed by atoms with Gasteiger partial charge >= 0.3 is 5.97 Å². The lowest BCUT2D eigenvalue weighted by Gasteiger charge is -2.12. The van der Waals surface area contributed by atoms with E-state index >= 15 is 0 Å². The van der Waals surface area contributed by atoms with Crippen molar-refractivity contribution in [3.8, 4) is 0 Å². The van der Waals surface area contributed by atoms with Crippen LogP contribution >= 0.6 is 0 Å². The van der Waals surface area contributed by atoms with Crippen LogP contribution in [0.4, 0.5) is 0 Å². The fraction of sp³-hybridized carbons (Fsp3) is 0.409. The third-order valence-corrected chi connectivity index (χ3v) is 7.99. The monoisotopic (exact) mass is 482 g/mol. The summed E-state index contributed by atoms with van der Waals surface area (Å²) in [5, 5.41) is 0. The molecule has 0 fully saturated rings. The van der Waals surface area contributed by atoms with Crippen molar-refractivity contribution in [1.29, 1.82) is 0 Å². The first-order chi connectivity index (χ1) is 15.0. The highest BCUT2D eigenvalue weighted by atomic mass is 32.2. The fourth-order valence-electron chi connectivity index (χ4n) is 3.21. The molecule has 0 radical (unpaired) electrons. The van der Waals surface area contributed by atoms with Gasteiger partial charge in [0.1, 0.15) is 6.61 Å². The maximum absolute atomic E-state index is 12.5. The summed E-state index contributed by atoms with van der Waals surface area (Å²) < 4.78 is 58.7. The van der Waals surface area contributed by atoms with Crippen molar-refractivity contribution >= 4 is 26.0 Å². The van der Waals surface area contributed by atoms with Crippen LogP contribution in [0, 0.1) is 13.8 Å². The summed E-state index contributed by atoms with van der Waals surface area (Å²) in [5.41, 5.74) is 3.83. The molecule has 2 N–H and O–H groups in total. The highest BCUT2D eigenvalue weighted by Gasteiger charge is 2.16. The van der Waals surface area contributed by atoms with Crippen LogP contribution in [0.15, 0.2) is 46.2 Å². The van der Waals surface area contributed by atoms with Gasteiger partial charge in [-0.05, 0) is 86.7 Å². The fourth-order valence-corrected chi connectivity index (χ4v) is 5.05. The number of carbonyl (C=O) groups is 1. The largest absolute Gasteiger partial charge is 0.464 e. The topological polar surface area (TPSA) is 119 Å². The Hall–Kier alpha value is -2.27. The van der Waals surface area contributed by atoms with Gasteiger partial charge in [-0.15, -0.1) is 0 Å². The van der Waals surface area contributed by atoms with E-state index in [1.807, 2.05) is 13.8 Å². The number of ether oxygens (including phenoxy) is 1. The van der Waals surface area contributed by atoms with Crippen LogP contribution in [0.3, 0.4) is 0 Å². The van der Waals surface area contributed by atoms with Crippen molar-refractivity contribution in [3.05, 3.63) is 58.7 Å². The van der Waals surface area contributed by atoms with E-state index in [9.17, 15) is 21.6 Å². The number of sulfonamides is 2. The van der Waals surface area contributed by atoms with E-state index in [4.69, 9.17) is 4.74 Å². The molecule has 0 saturated carbocycles. The Kier molecular flexibility index (Phi) is 8.97. The molecule has 176 valence electrons. The Balaban J connectivity index is 2.08. The van der Waals surface area contributed by atoms with E-state index in [2.05, 4.69) is 9.44 Å². The molecule has 0 bridgehead atoms. The first kappa shape index (κ1) is 26.0. The maximum Gasteiger partial charge on any atom is 0.302 e. The number of benzene rings is 2. The Bertz CT molecular complexity index is 1170. The number of hydrogen-bond acceptors (Lipinski definition) is 6. The summed E-state index contributed by atoms with van der Waals surface area (Å²) in [6.45, 7) is 5.08. The van der Waals surface area contributed by atoms with Gasteiger partial charge in [-0.3, -0.25) is 4.79 Å². The van der Waals surface area contributed by atoms with Gasteiger partial charge in [-0.1, -0.05) is 12.1 Å². The zero-order valence-corrected chi connectivity index (χ0v) is 20.4. The summed E-state index contributed by atoms with van der Waals surface area (Å²) in [7, 11) is -5.85. The van der Waals surface area contributed by atoms with E-state index in [0.717, 1.165) is 28.7 Å². The third-order valence-electron chi connectivity index (χ3n) is 5.12.